The van der Waals surface area contributed by atoms with E-state index in [1.807, 2.05) is 0 Å². The lowest BCUT2D eigenvalue weighted by molar-refractivity contribution is -0.578. The van der Waals surface area contributed by atoms with Crippen LogP contribution in [0.15, 0.2) is 36.5 Å². The molecular formula is C9H6FNO. The lowest BCUT2D eigenvalue weighted by atomic mass is 10.2. The van der Waals surface area contributed by atoms with Crippen molar-refractivity contribution in [3.8, 4) is 0 Å². The van der Waals surface area contributed by atoms with Gasteiger partial charge in [-0.1, -0.05) is 6.07 Å². The molecule has 2 aromatic rings. The SMILES string of the molecule is [O-][n+]1cccc2cccc(F)c21. The minimum atomic E-state index is -0.483. The summed E-state index contributed by atoms with van der Waals surface area (Å²) in [6.07, 6.45) is 1.28. The number of para-hydroxylation sites is 1. The Morgan fingerprint density at radius 1 is 1.17 bits per heavy atom. The second kappa shape index (κ2) is 2.44. The van der Waals surface area contributed by atoms with Crippen molar-refractivity contribution in [2.75, 3.05) is 0 Å². The molecule has 0 radical (unpaired) electrons. The number of fused-ring (bicyclic) bond motifs is 1. The highest BCUT2D eigenvalue weighted by molar-refractivity contribution is 5.75. The molecule has 1 aromatic heterocycles. The summed E-state index contributed by atoms with van der Waals surface area (Å²) in [7, 11) is 0. The summed E-state index contributed by atoms with van der Waals surface area (Å²) >= 11 is 0. The molecule has 0 unspecified atom stereocenters. The van der Waals surface area contributed by atoms with Crippen LogP contribution in [0.5, 0.6) is 0 Å². The maximum Gasteiger partial charge on any atom is 0.259 e. The monoisotopic (exact) mass is 163 g/mol. The van der Waals surface area contributed by atoms with E-state index in [4.69, 9.17) is 0 Å². The van der Waals surface area contributed by atoms with Gasteiger partial charge in [0.25, 0.3) is 5.52 Å². The van der Waals surface area contributed by atoms with Crippen LogP contribution in [0.3, 0.4) is 0 Å². The Balaban J connectivity index is 2.96. The van der Waals surface area contributed by atoms with Crippen molar-refractivity contribution in [2.24, 2.45) is 0 Å². The summed E-state index contributed by atoms with van der Waals surface area (Å²) in [5.41, 5.74) is 0.0972. The molecule has 0 fully saturated rings. The fourth-order valence-corrected chi connectivity index (χ4v) is 1.20. The predicted molar refractivity (Wildman–Crippen MR) is 42.9 cm³/mol. The number of rotatable bonds is 0. The Morgan fingerprint density at radius 3 is 2.67 bits per heavy atom. The number of halogens is 1. The Kier molecular flexibility index (Phi) is 1.43. The second-order valence-corrected chi connectivity index (χ2v) is 2.51. The molecule has 0 bridgehead atoms. The van der Waals surface area contributed by atoms with Gasteiger partial charge in [0, 0.05) is 6.07 Å². The topological polar surface area (TPSA) is 26.9 Å². The summed E-state index contributed by atoms with van der Waals surface area (Å²) in [4.78, 5) is 0. The Bertz CT molecular complexity index is 391. The molecule has 2 rings (SSSR count). The molecule has 1 heterocycles. The van der Waals surface area contributed by atoms with Gasteiger partial charge >= 0.3 is 0 Å². The first-order chi connectivity index (χ1) is 5.79. The first-order valence-corrected chi connectivity index (χ1v) is 3.55. The summed E-state index contributed by atoms with van der Waals surface area (Å²) in [6.45, 7) is 0. The van der Waals surface area contributed by atoms with Crippen LogP contribution in [0.2, 0.25) is 0 Å². The standard InChI is InChI=1S/C9H6FNO/c10-8-5-1-3-7-4-2-6-11(12)9(7)8/h1-6H. The molecule has 0 N–H and O–H groups in total. The molecule has 0 saturated heterocycles. The fourth-order valence-electron chi connectivity index (χ4n) is 1.20. The number of nitrogens with zero attached hydrogens (tertiary/aromatic N) is 1. The Morgan fingerprint density at radius 2 is 1.92 bits per heavy atom. The summed E-state index contributed by atoms with van der Waals surface area (Å²) in [5.74, 6) is -0.483. The third kappa shape index (κ3) is 0.906. The second-order valence-electron chi connectivity index (χ2n) is 2.51. The number of hydrogen-bond acceptors (Lipinski definition) is 1. The van der Waals surface area contributed by atoms with Crippen molar-refractivity contribution in [1.29, 1.82) is 0 Å². The third-order valence-electron chi connectivity index (χ3n) is 1.74. The highest BCUT2D eigenvalue weighted by Crippen LogP contribution is 2.11. The molecule has 0 atom stereocenters. The van der Waals surface area contributed by atoms with Crippen molar-refractivity contribution in [2.45, 2.75) is 0 Å². The molecule has 0 spiro atoms. The molecule has 12 heavy (non-hydrogen) atoms. The van der Waals surface area contributed by atoms with Gasteiger partial charge in [-0.25, -0.2) is 0 Å². The van der Waals surface area contributed by atoms with E-state index in [0.717, 1.165) is 0 Å². The average Bonchev–Trinajstić information content (AvgIpc) is 2.04. The molecule has 0 aliphatic carbocycles. The Labute approximate surface area is 68.5 Å². The summed E-state index contributed by atoms with van der Waals surface area (Å²) in [6, 6.07) is 7.85. The van der Waals surface area contributed by atoms with Crippen LogP contribution in [0.1, 0.15) is 0 Å². The lowest BCUT2D eigenvalue weighted by Crippen LogP contribution is -2.26. The zero-order chi connectivity index (χ0) is 8.55. The number of benzene rings is 1. The van der Waals surface area contributed by atoms with Gasteiger partial charge < -0.3 is 5.21 Å². The minimum absolute atomic E-state index is 0.0972. The van der Waals surface area contributed by atoms with E-state index in [1.54, 1.807) is 24.3 Å². The number of pyridine rings is 1. The molecule has 1 aromatic carbocycles. The van der Waals surface area contributed by atoms with Gasteiger partial charge in [-0.3, -0.25) is 0 Å². The van der Waals surface area contributed by atoms with E-state index < -0.39 is 5.82 Å². The van der Waals surface area contributed by atoms with E-state index >= 15 is 0 Å². The van der Waals surface area contributed by atoms with Gasteiger partial charge in [-0.05, 0) is 18.2 Å². The van der Waals surface area contributed by atoms with E-state index in [1.165, 1.54) is 12.3 Å². The molecule has 3 heteroatoms. The Hall–Kier alpha value is -1.64. The van der Waals surface area contributed by atoms with Gasteiger partial charge in [0.05, 0.1) is 5.39 Å². The highest BCUT2D eigenvalue weighted by Gasteiger charge is 2.07. The van der Waals surface area contributed by atoms with Crippen molar-refractivity contribution < 1.29 is 9.12 Å². The highest BCUT2D eigenvalue weighted by atomic mass is 19.1. The average molecular weight is 163 g/mol. The maximum absolute atomic E-state index is 13.0. The normalized spacial score (nSPS) is 10.4. The van der Waals surface area contributed by atoms with Gasteiger partial charge in [0.2, 0.25) is 0 Å². The fraction of sp³-hybridized carbons (Fsp3) is 0. The quantitative estimate of drug-likeness (QED) is 0.428. The molecule has 0 saturated carbocycles. The van der Waals surface area contributed by atoms with Crippen LogP contribution in [0.4, 0.5) is 4.39 Å². The molecule has 0 aliphatic heterocycles. The van der Waals surface area contributed by atoms with E-state index in [-0.39, 0.29) is 5.52 Å². The zero-order valence-electron chi connectivity index (χ0n) is 6.20. The van der Waals surface area contributed by atoms with Gasteiger partial charge in [0.15, 0.2) is 12.0 Å². The van der Waals surface area contributed by atoms with Crippen LogP contribution < -0.4 is 4.73 Å². The first-order valence-electron chi connectivity index (χ1n) is 3.55. The van der Waals surface area contributed by atoms with Crippen molar-refractivity contribution in [3.05, 3.63) is 47.6 Å². The largest absolute Gasteiger partial charge is 0.618 e. The molecule has 60 valence electrons. The summed E-state index contributed by atoms with van der Waals surface area (Å²) < 4.78 is 13.6. The third-order valence-corrected chi connectivity index (χ3v) is 1.74. The van der Waals surface area contributed by atoms with Gasteiger partial charge in [0.1, 0.15) is 0 Å². The molecule has 2 nitrogen and oxygen atoms in total. The van der Waals surface area contributed by atoms with Crippen LogP contribution in [-0.4, -0.2) is 0 Å². The molecule has 0 amide bonds. The van der Waals surface area contributed by atoms with E-state index in [2.05, 4.69) is 0 Å². The number of aromatic nitrogens is 1. The predicted octanol–water partition coefficient (Wildman–Crippen LogP) is 1.61. The summed E-state index contributed by atoms with van der Waals surface area (Å²) in [5, 5.41) is 11.7. The zero-order valence-corrected chi connectivity index (χ0v) is 6.20. The van der Waals surface area contributed by atoms with Crippen molar-refractivity contribution >= 4 is 10.9 Å². The molecule has 0 aliphatic rings. The maximum atomic E-state index is 13.0. The smallest absolute Gasteiger partial charge is 0.259 e. The van der Waals surface area contributed by atoms with E-state index in [0.29, 0.717) is 10.1 Å². The van der Waals surface area contributed by atoms with Gasteiger partial charge in [-0.15, -0.1) is 0 Å². The van der Waals surface area contributed by atoms with Crippen molar-refractivity contribution in [1.82, 2.24) is 0 Å². The van der Waals surface area contributed by atoms with Crippen LogP contribution in [-0.2, 0) is 0 Å². The van der Waals surface area contributed by atoms with Crippen LogP contribution in [0, 0.1) is 11.0 Å². The van der Waals surface area contributed by atoms with E-state index in [9.17, 15) is 9.60 Å². The minimum Gasteiger partial charge on any atom is -0.618 e. The first kappa shape index (κ1) is 7.03. The lowest BCUT2D eigenvalue weighted by Gasteiger charge is -2.00. The van der Waals surface area contributed by atoms with Crippen LogP contribution >= 0.6 is 0 Å². The van der Waals surface area contributed by atoms with Crippen molar-refractivity contribution in [3.63, 3.8) is 0 Å². The number of hydrogen-bond donors (Lipinski definition) is 0. The molecular weight excluding hydrogens is 157 g/mol. The van der Waals surface area contributed by atoms with Crippen LogP contribution in [0.25, 0.3) is 10.9 Å². The van der Waals surface area contributed by atoms with Gasteiger partial charge in [-0.2, -0.15) is 9.12 Å².